The lowest BCUT2D eigenvalue weighted by Crippen LogP contribution is -2.36. The van der Waals surface area contributed by atoms with Crippen LogP contribution in [0.25, 0.3) is 33.6 Å². The summed E-state index contributed by atoms with van der Waals surface area (Å²) in [7, 11) is 3.50. The number of nitrogens with one attached hydrogen (secondary N) is 2. The molecule has 1 aliphatic carbocycles. The minimum absolute atomic E-state index is 0.0983. The molecule has 1 aromatic carbocycles. The van der Waals surface area contributed by atoms with Crippen LogP contribution in [0.15, 0.2) is 30.3 Å². The van der Waals surface area contributed by atoms with E-state index in [4.69, 9.17) is 9.72 Å². The Morgan fingerprint density at radius 2 is 2.08 bits per heavy atom. The van der Waals surface area contributed by atoms with E-state index in [1.54, 1.807) is 31.6 Å². The standard InChI is InChI=1S/C27H31F2N7O2S/c1-34-23-19(10-17(12-21(23)38-2)26(37)31-18-8-9-30-13-18)32-25(34)20-11-16-6-7-22(36(39-3)27(28)29)33-24(16)35(20)14-15-4-5-15/h6-7,10-12,15,18,27,30H,4-5,8-9,13-14H2,1-3H3,(H,31,37). The second kappa shape index (κ2) is 10.3. The number of aryl methyl sites for hydroxylation is 1. The van der Waals surface area contributed by atoms with Crippen molar-refractivity contribution in [2.75, 3.05) is 30.8 Å². The van der Waals surface area contributed by atoms with Crippen LogP contribution in [0, 0.1) is 5.92 Å². The van der Waals surface area contributed by atoms with Crippen molar-refractivity contribution in [3.63, 3.8) is 0 Å². The fourth-order valence-electron chi connectivity index (χ4n) is 5.31. The number of aromatic nitrogens is 4. The second-order valence-corrected chi connectivity index (χ2v) is 10.9. The van der Waals surface area contributed by atoms with Crippen molar-refractivity contribution in [3.8, 4) is 17.3 Å². The van der Waals surface area contributed by atoms with E-state index in [0.29, 0.717) is 34.2 Å². The van der Waals surface area contributed by atoms with E-state index < -0.39 is 6.55 Å². The minimum atomic E-state index is -2.67. The van der Waals surface area contributed by atoms with Gasteiger partial charge in [0.05, 0.1) is 18.3 Å². The van der Waals surface area contributed by atoms with Gasteiger partial charge in [-0.25, -0.2) is 14.3 Å². The molecule has 39 heavy (non-hydrogen) atoms. The number of hydrogen-bond acceptors (Lipinski definition) is 7. The average molecular weight is 556 g/mol. The van der Waals surface area contributed by atoms with Crippen molar-refractivity contribution < 1.29 is 18.3 Å². The Morgan fingerprint density at radius 3 is 2.74 bits per heavy atom. The molecule has 4 aromatic rings. The van der Waals surface area contributed by atoms with Gasteiger partial charge < -0.3 is 24.5 Å². The van der Waals surface area contributed by atoms with E-state index >= 15 is 0 Å². The molecule has 0 radical (unpaired) electrons. The number of hydrogen-bond donors (Lipinski definition) is 2. The van der Waals surface area contributed by atoms with Gasteiger partial charge in [-0.15, -0.1) is 0 Å². The lowest BCUT2D eigenvalue weighted by atomic mass is 10.1. The van der Waals surface area contributed by atoms with Crippen molar-refractivity contribution in [2.24, 2.45) is 13.0 Å². The molecule has 2 fully saturated rings. The van der Waals surface area contributed by atoms with Crippen LogP contribution in [0.3, 0.4) is 0 Å². The van der Waals surface area contributed by atoms with E-state index in [-0.39, 0.29) is 17.8 Å². The number of amides is 1. The van der Waals surface area contributed by atoms with Crippen molar-refractivity contribution in [1.82, 2.24) is 29.7 Å². The van der Waals surface area contributed by atoms with Crippen molar-refractivity contribution >= 4 is 45.7 Å². The number of imidazole rings is 1. The summed E-state index contributed by atoms with van der Waals surface area (Å²) in [5.41, 5.74) is 3.40. The smallest absolute Gasteiger partial charge is 0.325 e. The number of ether oxygens (including phenoxy) is 1. The summed E-state index contributed by atoms with van der Waals surface area (Å²) in [6.07, 6.45) is 4.75. The molecule has 9 nitrogen and oxygen atoms in total. The lowest BCUT2D eigenvalue weighted by Gasteiger charge is -2.19. The summed E-state index contributed by atoms with van der Waals surface area (Å²) in [4.78, 5) is 22.7. The number of nitrogens with zero attached hydrogens (tertiary/aromatic N) is 5. The highest BCUT2D eigenvalue weighted by molar-refractivity contribution is 7.99. The van der Waals surface area contributed by atoms with Crippen LogP contribution in [0.1, 0.15) is 29.6 Å². The number of pyridine rings is 1. The molecule has 0 bridgehead atoms. The fraction of sp³-hybridized carbons (Fsp3) is 0.444. The molecule has 1 unspecified atom stereocenters. The monoisotopic (exact) mass is 555 g/mol. The van der Waals surface area contributed by atoms with Gasteiger partial charge in [-0.3, -0.25) is 4.79 Å². The molecule has 3 aromatic heterocycles. The fourth-order valence-corrected chi connectivity index (χ4v) is 5.76. The molecular formula is C27H31F2N7O2S. The minimum Gasteiger partial charge on any atom is -0.494 e. The highest BCUT2D eigenvalue weighted by atomic mass is 32.2. The van der Waals surface area contributed by atoms with Crippen molar-refractivity contribution in [2.45, 2.75) is 38.4 Å². The summed E-state index contributed by atoms with van der Waals surface area (Å²) in [5, 5.41) is 7.20. The van der Waals surface area contributed by atoms with E-state index in [1.807, 2.05) is 23.7 Å². The van der Waals surface area contributed by atoms with Crippen LogP contribution >= 0.6 is 11.9 Å². The normalized spacial score (nSPS) is 17.4. The number of anilines is 1. The average Bonchev–Trinajstić information content (AvgIpc) is 3.30. The zero-order valence-corrected chi connectivity index (χ0v) is 22.9. The first-order chi connectivity index (χ1) is 18.9. The Bertz CT molecular complexity index is 1540. The van der Waals surface area contributed by atoms with E-state index in [9.17, 15) is 13.6 Å². The first-order valence-corrected chi connectivity index (χ1v) is 14.2. The maximum absolute atomic E-state index is 13.6. The molecule has 1 saturated carbocycles. The van der Waals surface area contributed by atoms with Gasteiger partial charge in [-0.2, -0.15) is 8.78 Å². The molecule has 1 aliphatic heterocycles. The summed E-state index contributed by atoms with van der Waals surface area (Å²) in [6, 6.07) is 9.11. The van der Waals surface area contributed by atoms with Gasteiger partial charge in [-0.05, 0) is 74.0 Å². The molecule has 4 heterocycles. The zero-order chi connectivity index (χ0) is 27.3. The van der Waals surface area contributed by atoms with Crippen LogP contribution < -0.4 is 19.7 Å². The molecule has 206 valence electrons. The van der Waals surface area contributed by atoms with Crippen LogP contribution in [-0.2, 0) is 13.6 Å². The predicted molar refractivity (Wildman–Crippen MR) is 149 cm³/mol. The molecule has 1 atom stereocenters. The molecular weight excluding hydrogens is 524 g/mol. The number of benzene rings is 1. The number of methoxy groups -OCH3 is 1. The van der Waals surface area contributed by atoms with E-state index in [0.717, 1.165) is 71.7 Å². The summed E-state index contributed by atoms with van der Waals surface area (Å²) in [5.74, 6) is 1.82. The number of fused-ring (bicyclic) bond motifs is 2. The molecule has 12 heteroatoms. The lowest BCUT2D eigenvalue weighted by molar-refractivity contribution is 0.0939. The van der Waals surface area contributed by atoms with Gasteiger partial charge in [0.2, 0.25) is 0 Å². The van der Waals surface area contributed by atoms with E-state index in [2.05, 4.69) is 20.2 Å². The first-order valence-electron chi connectivity index (χ1n) is 13.1. The van der Waals surface area contributed by atoms with Crippen LogP contribution in [0.4, 0.5) is 14.6 Å². The Kier molecular flexibility index (Phi) is 6.84. The molecule has 6 rings (SSSR count). The van der Waals surface area contributed by atoms with Gasteiger partial charge >= 0.3 is 6.55 Å². The third-order valence-electron chi connectivity index (χ3n) is 7.51. The van der Waals surface area contributed by atoms with Gasteiger partial charge in [0.15, 0.2) is 5.82 Å². The van der Waals surface area contributed by atoms with Gasteiger partial charge in [-0.1, -0.05) is 0 Å². The van der Waals surface area contributed by atoms with Gasteiger partial charge in [0.25, 0.3) is 5.91 Å². The van der Waals surface area contributed by atoms with Crippen LogP contribution in [0.5, 0.6) is 5.75 Å². The number of carbonyl (C=O) groups is 1. The Balaban J connectivity index is 1.46. The van der Waals surface area contributed by atoms with Gasteiger partial charge in [0.1, 0.15) is 22.7 Å². The predicted octanol–water partition coefficient (Wildman–Crippen LogP) is 4.41. The Hall–Kier alpha value is -3.38. The molecule has 2 N–H and O–H groups in total. The molecule has 1 amide bonds. The molecule has 2 aliphatic rings. The van der Waals surface area contributed by atoms with Crippen LogP contribution in [0.2, 0.25) is 0 Å². The van der Waals surface area contributed by atoms with E-state index in [1.165, 1.54) is 0 Å². The highest BCUT2D eigenvalue weighted by Gasteiger charge is 2.28. The second-order valence-electron chi connectivity index (χ2n) is 10.2. The highest BCUT2D eigenvalue weighted by Crippen LogP contribution is 2.38. The first kappa shape index (κ1) is 25.9. The number of carbonyl (C=O) groups excluding carboxylic acids is 1. The Morgan fingerprint density at radius 1 is 1.26 bits per heavy atom. The molecule has 1 saturated heterocycles. The zero-order valence-electron chi connectivity index (χ0n) is 22.1. The number of halogens is 2. The largest absolute Gasteiger partial charge is 0.494 e. The topological polar surface area (TPSA) is 89.2 Å². The summed E-state index contributed by atoms with van der Waals surface area (Å²) < 4.78 is 37.9. The Labute approximate surface area is 229 Å². The quantitative estimate of drug-likeness (QED) is 0.234. The molecule has 0 spiro atoms. The SMILES string of the molecule is COc1cc(C(=O)NC2CCNC2)cc2nc(-c3cc4ccc(N(SC)C(F)F)nc4n3CC3CC3)n(C)c12. The van der Waals surface area contributed by atoms with Crippen LogP contribution in [-0.4, -0.2) is 64.1 Å². The maximum Gasteiger partial charge on any atom is 0.325 e. The number of alkyl halides is 2. The van der Waals surface area contributed by atoms with Gasteiger partial charge in [0, 0.05) is 43.4 Å². The van der Waals surface area contributed by atoms with Crippen molar-refractivity contribution in [3.05, 3.63) is 35.9 Å². The van der Waals surface area contributed by atoms with Crippen molar-refractivity contribution in [1.29, 1.82) is 0 Å². The maximum atomic E-state index is 13.6. The third-order valence-corrected chi connectivity index (χ3v) is 8.25. The summed E-state index contributed by atoms with van der Waals surface area (Å²) in [6.45, 7) is -0.293. The summed E-state index contributed by atoms with van der Waals surface area (Å²) >= 11 is 0.943. The third kappa shape index (κ3) is 4.80. The number of rotatable bonds is 9.